The van der Waals surface area contributed by atoms with Gasteiger partial charge in [-0.25, -0.2) is 0 Å². The van der Waals surface area contributed by atoms with E-state index in [1.807, 2.05) is 24.3 Å². The van der Waals surface area contributed by atoms with Crippen LogP contribution in [0.5, 0.6) is 0 Å². The van der Waals surface area contributed by atoms with Crippen LogP contribution in [0.4, 0.5) is 5.69 Å². The molecular formula is C24H22N2. The molecule has 3 aromatic rings. The summed E-state index contributed by atoms with van der Waals surface area (Å²) in [5.41, 5.74) is 5.28. The number of benzene rings is 3. The van der Waals surface area contributed by atoms with Crippen molar-refractivity contribution in [1.29, 1.82) is 5.26 Å². The van der Waals surface area contributed by atoms with Gasteiger partial charge in [-0.3, -0.25) is 0 Å². The summed E-state index contributed by atoms with van der Waals surface area (Å²) in [6.07, 6.45) is 4.57. The Kier molecular flexibility index (Phi) is 4.46. The molecule has 0 aliphatic carbocycles. The Morgan fingerprint density at radius 1 is 0.962 bits per heavy atom. The van der Waals surface area contributed by atoms with E-state index in [0.29, 0.717) is 5.57 Å². The average molecular weight is 338 g/mol. The van der Waals surface area contributed by atoms with Crippen LogP contribution in [0.2, 0.25) is 0 Å². The third-order valence-electron chi connectivity index (χ3n) is 5.21. The van der Waals surface area contributed by atoms with E-state index in [1.165, 1.54) is 29.5 Å². The summed E-state index contributed by atoms with van der Waals surface area (Å²) in [7, 11) is 0. The Balaban J connectivity index is 1.69. The highest BCUT2D eigenvalue weighted by molar-refractivity contribution is 5.94. The van der Waals surface area contributed by atoms with Crippen molar-refractivity contribution in [2.75, 3.05) is 18.0 Å². The first kappa shape index (κ1) is 16.4. The van der Waals surface area contributed by atoms with E-state index in [-0.39, 0.29) is 0 Å². The molecule has 0 amide bonds. The Morgan fingerprint density at radius 2 is 1.73 bits per heavy atom. The molecule has 128 valence electrons. The van der Waals surface area contributed by atoms with Crippen LogP contribution < -0.4 is 4.90 Å². The van der Waals surface area contributed by atoms with Crippen LogP contribution in [0.3, 0.4) is 0 Å². The second-order valence-electron chi connectivity index (χ2n) is 6.97. The molecule has 1 aliphatic rings. The Labute approximate surface area is 155 Å². The standard InChI is InChI=1S/C24H22N2/c1-18-14-24(26-12-4-5-13-26)11-10-20(18)15-23(17-25)22-9-8-19-6-2-3-7-21(19)16-22/h2-3,6-11,14-16H,4-5,12-13H2,1H3. The lowest BCUT2D eigenvalue weighted by molar-refractivity contribution is 0.949. The van der Waals surface area contributed by atoms with Gasteiger partial charge < -0.3 is 4.90 Å². The number of aryl methyl sites for hydroxylation is 1. The predicted molar refractivity (Wildman–Crippen MR) is 110 cm³/mol. The number of rotatable bonds is 3. The first-order chi connectivity index (χ1) is 12.7. The van der Waals surface area contributed by atoms with E-state index in [1.54, 1.807) is 0 Å². The fourth-order valence-electron chi connectivity index (χ4n) is 3.69. The maximum atomic E-state index is 9.70. The molecule has 26 heavy (non-hydrogen) atoms. The third-order valence-corrected chi connectivity index (χ3v) is 5.21. The molecule has 1 aliphatic heterocycles. The Bertz CT molecular complexity index is 1020. The van der Waals surface area contributed by atoms with Crippen molar-refractivity contribution >= 4 is 28.1 Å². The summed E-state index contributed by atoms with van der Waals surface area (Å²) < 4.78 is 0. The van der Waals surface area contributed by atoms with Crippen molar-refractivity contribution in [3.05, 3.63) is 77.4 Å². The summed E-state index contributed by atoms with van der Waals surface area (Å²) >= 11 is 0. The summed E-state index contributed by atoms with van der Waals surface area (Å²) in [4.78, 5) is 2.44. The number of allylic oxidation sites excluding steroid dienone is 1. The minimum atomic E-state index is 0.702. The van der Waals surface area contributed by atoms with Gasteiger partial charge in [0.25, 0.3) is 0 Å². The van der Waals surface area contributed by atoms with Crippen molar-refractivity contribution in [2.45, 2.75) is 19.8 Å². The predicted octanol–water partition coefficient (Wildman–Crippen LogP) is 5.81. The van der Waals surface area contributed by atoms with E-state index in [9.17, 15) is 5.26 Å². The van der Waals surface area contributed by atoms with Crippen LogP contribution in [0.15, 0.2) is 60.7 Å². The molecule has 0 spiro atoms. The lowest BCUT2D eigenvalue weighted by Crippen LogP contribution is -2.17. The van der Waals surface area contributed by atoms with Gasteiger partial charge in [-0.05, 0) is 71.5 Å². The molecule has 0 radical (unpaired) electrons. The molecule has 0 unspecified atom stereocenters. The monoisotopic (exact) mass is 338 g/mol. The maximum Gasteiger partial charge on any atom is 0.0998 e. The van der Waals surface area contributed by atoms with Crippen LogP contribution in [-0.4, -0.2) is 13.1 Å². The van der Waals surface area contributed by atoms with E-state index >= 15 is 0 Å². The highest BCUT2D eigenvalue weighted by atomic mass is 15.1. The molecule has 1 fully saturated rings. The van der Waals surface area contributed by atoms with Crippen LogP contribution in [-0.2, 0) is 0 Å². The van der Waals surface area contributed by atoms with Gasteiger partial charge in [-0.2, -0.15) is 5.26 Å². The third kappa shape index (κ3) is 3.21. The van der Waals surface area contributed by atoms with E-state index < -0.39 is 0 Å². The minimum absolute atomic E-state index is 0.702. The highest BCUT2D eigenvalue weighted by Gasteiger charge is 2.13. The SMILES string of the molecule is Cc1cc(N2CCCC2)ccc1C=C(C#N)c1ccc2ccccc2c1. The van der Waals surface area contributed by atoms with E-state index in [2.05, 4.69) is 60.4 Å². The summed E-state index contributed by atoms with van der Waals surface area (Å²) in [5, 5.41) is 12.1. The molecule has 0 saturated carbocycles. The quantitative estimate of drug-likeness (QED) is 0.445. The molecule has 1 saturated heterocycles. The fraction of sp³-hybridized carbons (Fsp3) is 0.208. The van der Waals surface area contributed by atoms with Crippen molar-refractivity contribution in [1.82, 2.24) is 0 Å². The van der Waals surface area contributed by atoms with Gasteiger partial charge in [0.2, 0.25) is 0 Å². The molecule has 1 heterocycles. The number of nitrogens with zero attached hydrogens (tertiary/aromatic N) is 2. The number of anilines is 1. The summed E-state index contributed by atoms with van der Waals surface area (Å²) in [5.74, 6) is 0. The normalized spacial score (nSPS) is 14.6. The molecule has 0 atom stereocenters. The number of fused-ring (bicyclic) bond motifs is 1. The molecule has 3 aromatic carbocycles. The second kappa shape index (κ2) is 7.06. The molecule has 0 aromatic heterocycles. The molecule has 2 nitrogen and oxygen atoms in total. The number of nitriles is 1. The highest BCUT2D eigenvalue weighted by Crippen LogP contribution is 2.27. The van der Waals surface area contributed by atoms with Gasteiger partial charge >= 0.3 is 0 Å². The summed E-state index contributed by atoms with van der Waals surface area (Å²) in [6, 6.07) is 23.4. The van der Waals surface area contributed by atoms with Gasteiger partial charge in [0.15, 0.2) is 0 Å². The van der Waals surface area contributed by atoms with Crippen LogP contribution in [0.25, 0.3) is 22.4 Å². The zero-order chi connectivity index (χ0) is 17.9. The Morgan fingerprint density at radius 3 is 2.46 bits per heavy atom. The fourth-order valence-corrected chi connectivity index (χ4v) is 3.69. The maximum absolute atomic E-state index is 9.70. The van der Waals surface area contributed by atoms with E-state index in [4.69, 9.17) is 0 Å². The van der Waals surface area contributed by atoms with Crippen LogP contribution in [0, 0.1) is 18.3 Å². The van der Waals surface area contributed by atoms with Crippen LogP contribution >= 0.6 is 0 Å². The molecule has 0 bridgehead atoms. The zero-order valence-corrected chi connectivity index (χ0v) is 15.1. The van der Waals surface area contributed by atoms with E-state index in [0.717, 1.165) is 29.6 Å². The Hall–Kier alpha value is -3.05. The number of hydrogen-bond donors (Lipinski definition) is 0. The molecule has 0 N–H and O–H groups in total. The first-order valence-corrected chi connectivity index (χ1v) is 9.21. The molecular weight excluding hydrogens is 316 g/mol. The van der Waals surface area contributed by atoms with Gasteiger partial charge in [0, 0.05) is 18.8 Å². The zero-order valence-electron chi connectivity index (χ0n) is 15.1. The van der Waals surface area contributed by atoms with Gasteiger partial charge in [0.1, 0.15) is 0 Å². The number of hydrogen-bond acceptors (Lipinski definition) is 2. The van der Waals surface area contributed by atoms with Gasteiger partial charge in [-0.15, -0.1) is 0 Å². The average Bonchev–Trinajstić information content (AvgIpc) is 3.21. The largest absolute Gasteiger partial charge is 0.372 e. The van der Waals surface area contributed by atoms with Crippen molar-refractivity contribution in [3.8, 4) is 6.07 Å². The minimum Gasteiger partial charge on any atom is -0.372 e. The first-order valence-electron chi connectivity index (χ1n) is 9.21. The van der Waals surface area contributed by atoms with Crippen molar-refractivity contribution < 1.29 is 0 Å². The smallest absolute Gasteiger partial charge is 0.0998 e. The molecule has 2 heteroatoms. The van der Waals surface area contributed by atoms with Crippen molar-refractivity contribution in [3.63, 3.8) is 0 Å². The lowest BCUT2D eigenvalue weighted by atomic mass is 9.98. The summed E-state index contributed by atoms with van der Waals surface area (Å²) in [6.45, 7) is 4.42. The topological polar surface area (TPSA) is 27.0 Å². The second-order valence-corrected chi connectivity index (χ2v) is 6.97. The lowest BCUT2D eigenvalue weighted by Gasteiger charge is -2.18. The van der Waals surface area contributed by atoms with Gasteiger partial charge in [0.05, 0.1) is 11.6 Å². The van der Waals surface area contributed by atoms with Gasteiger partial charge in [-0.1, -0.05) is 42.5 Å². The van der Waals surface area contributed by atoms with Crippen molar-refractivity contribution in [2.24, 2.45) is 0 Å². The molecule has 4 rings (SSSR count). The van der Waals surface area contributed by atoms with Crippen LogP contribution in [0.1, 0.15) is 29.5 Å².